The van der Waals surface area contributed by atoms with E-state index in [1.807, 2.05) is 6.92 Å². The quantitative estimate of drug-likeness (QED) is 0.568. The summed E-state index contributed by atoms with van der Waals surface area (Å²) in [4.78, 5) is 0. The third-order valence-electron chi connectivity index (χ3n) is 3.09. The Hall–Kier alpha value is -0.830. The van der Waals surface area contributed by atoms with Crippen LogP contribution >= 0.6 is 0 Å². The van der Waals surface area contributed by atoms with Crippen LogP contribution in [-0.4, -0.2) is 17.4 Å². The number of hydrogen-bond acceptors (Lipinski definition) is 3. The molecule has 2 unspecified atom stereocenters. The summed E-state index contributed by atoms with van der Waals surface area (Å²) in [5, 5.41) is 4.01. The molecule has 2 aliphatic rings. The molecule has 2 atom stereocenters. The van der Waals surface area contributed by atoms with E-state index in [1.54, 1.807) is 0 Å². The van der Waals surface area contributed by atoms with Crippen molar-refractivity contribution in [2.45, 2.75) is 44.8 Å². The van der Waals surface area contributed by atoms with Gasteiger partial charge in [-0.2, -0.15) is 0 Å². The smallest absolute Gasteiger partial charge is 0.140 e. The summed E-state index contributed by atoms with van der Waals surface area (Å²) in [7, 11) is 0. The Balaban J connectivity index is 1.91. The van der Waals surface area contributed by atoms with Crippen LogP contribution in [0.25, 0.3) is 0 Å². The zero-order valence-corrected chi connectivity index (χ0v) is 7.75. The topological polar surface area (TPSA) is 38.6 Å². The SMILES string of the molecule is Cc1noc2c1CCC1OC1CC2. The van der Waals surface area contributed by atoms with Gasteiger partial charge in [0, 0.05) is 12.0 Å². The van der Waals surface area contributed by atoms with Crippen LogP contribution in [0.15, 0.2) is 4.52 Å². The Kier molecular flexibility index (Phi) is 1.50. The minimum Gasteiger partial charge on any atom is -0.370 e. The number of rotatable bonds is 0. The van der Waals surface area contributed by atoms with Crippen LogP contribution in [0.1, 0.15) is 29.9 Å². The van der Waals surface area contributed by atoms with Crippen LogP contribution in [0.4, 0.5) is 0 Å². The number of fused-ring (bicyclic) bond motifs is 2. The lowest BCUT2D eigenvalue weighted by molar-refractivity contribution is 0.346. The van der Waals surface area contributed by atoms with Crippen molar-refractivity contribution in [1.82, 2.24) is 5.16 Å². The molecule has 1 saturated heterocycles. The van der Waals surface area contributed by atoms with Gasteiger partial charge in [0.05, 0.1) is 17.9 Å². The zero-order chi connectivity index (χ0) is 8.84. The van der Waals surface area contributed by atoms with Gasteiger partial charge in [-0.3, -0.25) is 0 Å². The van der Waals surface area contributed by atoms with Crippen LogP contribution in [0, 0.1) is 6.92 Å². The lowest BCUT2D eigenvalue weighted by Crippen LogP contribution is -2.04. The summed E-state index contributed by atoms with van der Waals surface area (Å²) < 4.78 is 10.8. The molecule has 3 rings (SSSR count). The number of epoxide rings is 1. The van der Waals surface area contributed by atoms with E-state index < -0.39 is 0 Å². The normalized spacial score (nSPS) is 31.5. The molecular formula is C10H13NO2. The minimum atomic E-state index is 0.513. The predicted molar refractivity (Wildman–Crippen MR) is 46.5 cm³/mol. The molecule has 1 fully saturated rings. The van der Waals surface area contributed by atoms with Crippen molar-refractivity contribution >= 4 is 0 Å². The van der Waals surface area contributed by atoms with Gasteiger partial charge in [-0.15, -0.1) is 0 Å². The molecule has 1 aromatic rings. The van der Waals surface area contributed by atoms with Gasteiger partial charge in [-0.25, -0.2) is 0 Å². The predicted octanol–water partition coefficient (Wildman–Crippen LogP) is 1.63. The Morgan fingerprint density at radius 1 is 1.23 bits per heavy atom. The van der Waals surface area contributed by atoms with Crippen molar-refractivity contribution in [3.8, 4) is 0 Å². The van der Waals surface area contributed by atoms with Crippen LogP contribution in [0.2, 0.25) is 0 Å². The number of aryl methyl sites for hydroxylation is 2. The van der Waals surface area contributed by atoms with E-state index in [0.717, 1.165) is 37.1 Å². The zero-order valence-electron chi connectivity index (χ0n) is 7.75. The highest BCUT2D eigenvalue weighted by Crippen LogP contribution is 2.34. The van der Waals surface area contributed by atoms with Crippen LogP contribution < -0.4 is 0 Å². The standard InChI is InChI=1S/C10H13NO2/c1-6-7-2-3-9-10(12-9)5-4-8(7)13-11-6/h9-10H,2-5H2,1H3. The van der Waals surface area contributed by atoms with Crippen LogP contribution in [0.3, 0.4) is 0 Å². The fourth-order valence-corrected chi connectivity index (χ4v) is 2.20. The monoisotopic (exact) mass is 179 g/mol. The molecule has 13 heavy (non-hydrogen) atoms. The highest BCUT2D eigenvalue weighted by Gasteiger charge is 2.39. The second-order valence-corrected chi connectivity index (χ2v) is 3.96. The first-order valence-electron chi connectivity index (χ1n) is 4.94. The fourth-order valence-electron chi connectivity index (χ4n) is 2.20. The summed E-state index contributed by atoms with van der Waals surface area (Å²) in [6.45, 7) is 2.02. The third kappa shape index (κ3) is 1.18. The molecule has 1 aliphatic carbocycles. The summed E-state index contributed by atoms with van der Waals surface area (Å²) >= 11 is 0. The highest BCUT2D eigenvalue weighted by molar-refractivity contribution is 5.23. The van der Waals surface area contributed by atoms with Gasteiger partial charge < -0.3 is 9.26 Å². The van der Waals surface area contributed by atoms with E-state index in [0.29, 0.717) is 12.2 Å². The molecule has 0 N–H and O–H groups in total. The first kappa shape index (κ1) is 7.56. The summed E-state index contributed by atoms with van der Waals surface area (Å²) in [5.74, 6) is 1.09. The second kappa shape index (κ2) is 2.58. The van der Waals surface area contributed by atoms with Gasteiger partial charge in [-0.1, -0.05) is 5.16 Å². The highest BCUT2D eigenvalue weighted by atomic mass is 16.6. The molecule has 1 aromatic heterocycles. The molecule has 3 heteroatoms. The van der Waals surface area contributed by atoms with Crippen LogP contribution in [-0.2, 0) is 17.6 Å². The molecule has 0 spiro atoms. The molecule has 0 bridgehead atoms. The first-order chi connectivity index (χ1) is 6.34. The van der Waals surface area contributed by atoms with Crippen LogP contribution in [0.5, 0.6) is 0 Å². The fraction of sp³-hybridized carbons (Fsp3) is 0.700. The van der Waals surface area contributed by atoms with Gasteiger partial charge in [0.1, 0.15) is 5.76 Å². The number of ether oxygens (including phenoxy) is 1. The Morgan fingerprint density at radius 3 is 2.85 bits per heavy atom. The van der Waals surface area contributed by atoms with E-state index in [1.165, 1.54) is 5.56 Å². The second-order valence-electron chi connectivity index (χ2n) is 3.96. The molecule has 0 saturated carbocycles. The lowest BCUT2D eigenvalue weighted by atomic mass is 9.98. The summed E-state index contributed by atoms with van der Waals surface area (Å²) in [5.41, 5.74) is 2.39. The number of hydrogen-bond donors (Lipinski definition) is 0. The number of aromatic nitrogens is 1. The largest absolute Gasteiger partial charge is 0.370 e. The van der Waals surface area contributed by atoms with Crippen molar-refractivity contribution < 1.29 is 9.26 Å². The van der Waals surface area contributed by atoms with Gasteiger partial charge in [-0.05, 0) is 26.2 Å². The average molecular weight is 179 g/mol. The average Bonchev–Trinajstić information content (AvgIpc) is 2.73. The van der Waals surface area contributed by atoms with Crippen molar-refractivity contribution in [3.63, 3.8) is 0 Å². The maximum absolute atomic E-state index is 5.52. The molecule has 0 amide bonds. The molecule has 70 valence electrons. The Morgan fingerprint density at radius 2 is 2.00 bits per heavy atom. The number of nitrogens with zero attached hydrogens (tertiary/aromatic N) is 1. The van der Waals surface area contributed by atoms with Crippen molar-refractivity contribution in [2.24, 2.45) is 0 Å². The summed E-state index contributed by atoms with van der Waals surface area (Å²) in [6.07, 6.45) is 5.36. The van der Waals surface area contributed by atoms with Crippen molar-refractivity contribution in [1.29, 1.82) is 0 Å². The van der Waals surface area contributed by atoms with Gasteiger partial charge >= 0.3 is 0 Å². The molecule has 1 aliphatic heterocycles. The molecule has 0 aromatic carbocycles. The van der Waals surface area contributed by atoms with Gasteiger partial charge in [0.25, 0.3) is 0 Å². The van der Waals surface area contributed by atoms with Crippen molar-refractivity contribution in [3.05, 3.63) is 17.0 Å². The summed E-state index contributed by atoms with van der Waals surface area (Å²) in [6, 6.07) is 0. The Bertz CT molecular complexity index is 332. The van der Waals surface area contributed by atoms with Gasteiger partial charge in [0.15, 0.2) is 0 Å². The van der Waals surface area contributed by atoms with E-state index in [-0.39, 0.29) is 0 Å². The van der Waals surface area contributed by atoms with Gasteiger partial charge in [0.2, 0.25) is 0 Å². The lowest BCUT2D eigenvalue weighted by Gasteiger charge is -2.03. The van der Waals surface area contributed by atoms with E-state index in [4.69, 9.17) is 9.26 Å². The molecule has 2 heterocycles. The maximum atomic E-state index is 5.52. The molecule has 0 radical (unpaired) electrons. The molecular weight excluding hydrogens is 166 g/mol. The van der Waals surface area contributed by atoms with E-state index in [9.17, 15) is 0 Å². The van der Waals surface area contributed by atoms with E-state index in [2.05, 4.69) is 5.16 Å². The minimum absolute atomic E-state index is 0.513. The Labute approximate surface area is 77.1 Å². The van der Waals surface area contributed by atoms with Crippen molar-refractivity contribution in [2.75, 3.05) is 0 Å². The molecule has 3 nitrogen and oxygen atoms in total. The maximum Gasteiger partial charge on any atom is 0.140 e. The first-order valence-corrected chi connectivity index (χ1v) is 4.94. The van der Waals surface area contributed by atoms with E-state index >= 15 is 0 Å². The third-order valence-corrected chi connectivity index (χ3v) is 3.09.